The molecule has 0 saturated carbocycles. The van der Waals surface area contributed by atoms with Crippen LogP contribution < -0.4 is 4.74 Å². The van der Waals surface area contributed by atoms with E-state index in [1.807, 2.05) is 0 Å². The first-order valence-corrected chi connectivity index (χ1v) is 3.64. The van der Waals surface area contributed by atoms with E-state index in [9.17, 15) is 4.79 Å². The zero-order chi connectivity index (χ0) is 7.40. The van der Waals surface area contributed by atoms with E-state index >= 15 is 0 Å². The van der Waals surface area contributed by atoms with Crippen LogP contribution in [0.25, 0.3) is 0 Å². The first-order chi connectivity index (χ1) is 4.79. The van der Waals surface area contributed by atoms with Crippen LogP contribution in [0.5, 0.6) is 5.75 Å². The fraction of sp³-hybridized carbons (Fsp3) is 0.333. The Kier molecular flexibility index (Phi) is 2.39. The summed E-state index contributed by atoms with van der Waals surface area (Å²) in [4.78, 5) is 10.4. The molecular formula is C6H7NO2S. The predicted octanol–water partition coefficient (Wildman–Crippen LogP) is 1.11. The minimum Gasteiger partial charge on any atom is -0.483 e. The van der Waals surface area contributed by atoms with Crippen LogP contribution in [0, 0.1) is 0 Å². The first-order valence-electron chi connectivity index (χ1n) is 2.80. The highest BCUT2D eigenvalue weighted by Gasteiger charge is 1.95. The van der Waals surface area contributed by atoms with Gasteiger partial charge in [0.1, 0.15) is 6.61 Å². The fourth-order valence-electron chi connectivity index (χ4n) is 0.451. The van der Waals surface area contributed by atoms with Gasteiger partial charge in [0.15, 0.2) is 11.5 Å². The van der Waals surface area contributed by atoms with E-state index < -0.39 is 0 Å². The molecule has 0 atom stereocenters. The van der Waals surface area contributed by atoms with Crippen molar-refractivity contribution in [2.24, 2.45) is 0 Å². The SMILES string of the molecule is CC(=O)COc1cnsc1. The normalized spacial score (nSPS) is 9.30. The molecule has 1 rings (SSSR count). The van der Waals surface area contributed by atoms with Gasteiger partial charge in [-0.3, -0.25) is 4.79 Å². The average Bonchev–Trinajstić information content (AvgIpc) is 2.34. The summed E-state index contributed by atoms with van der Waals surface area (Å²) in [5.74, 6) is 0.686. The molecular weight excluding hydrogens is 150 g/mol. The molecule has 4 heteroatoms. The highest BCUT2D eigenvalue weighted by molar-refractivity contribution is 7.03. The van der Waals surface area contributed by atoms with Gasteiger partial charge in [0.25, 0.3) is 0 Å². The maximum atomic E-state index is 10.4. The van der Waals surface area contributed by atoms with Crippen molar-refractivity contribution >= 4 is 17.3 Å². The lowest BCUT2D eigenvalue weighted by molar-refractivity contribution is -0.118. The highest BCUT2D eigenvalue weighted by atomic mass is 32.1. The Morgan fingerprint density at radius 2 is 2.70 bits per heavy atom. The number of hydrogen-bond donors (Lipinski definition) is 0. The second kappa shape index (κ2) is 3.31. The predicted molar refractivity (Wildman–Crippen MR) is 38.3 cm³/mol. The van der Waals surface area contributed by atoms with Crippen molar-refractivity contribution in [2.75, 3.05) is 6.61 Å². The van der Waals surface area contributed by atoms with Crippen LogP contribution in [0.1, 0.15) is 6.92 Å². The Hall–Kier alpha value is -0.900. The van der Waals surface area contributed by atoms with Crippen LogP contribution in [0.2, 0.25) is 0 Å². The molecule has 54 valence electrons. The van der Waals surface area contributed by atoms with Gasteiger partial charge >= 0.3 is 0 Å². The molecule has 1 aromatic heterocycles. The third-order valence-electron chi connectivity index (χ3n) is 0.852. The Labute approximate surface area is 62.8 Å². The van der Waals surface area contributed by atoms with E-state index in [1.54, 1.807) is 11.6 Å². The maximum Gasteiger partial charge on any atom is 0.167 e. The van der Waals surface area contributed by atoms with Crippen LogP contribution in [-0.2, 0) is 4.79 Å². The quantitative estimate of drug-likeness (QED) is 0.659. The number of Topliss-reactive ketones (excluding diaryl/α,β-unsaturated/α-hetero) is 1. The Bertz CT molecular complexity index is 208. The van der Waals surface area contributed by atoms with E-state index in [4.69, 9.17) is 4.74 Å². The second-order valence-corrected chi connectivity index (χ2v) is 2.51. The average molecular weight is 157 g/mol. The van der Waals surface area contributed by atoms with Gasteiger partial charge in [0, 0.05) is 0 Å². The molecule has 3 nitrogen and oxygen atoms in total. The standard InChI is InChI=1S/C6H7NO2S/c1-5(8)3-9-6-2-7-10-4-6/h2,4H,3H2,1H3. The largest absolute Gasteiger partial charge is 0.483 e. The van der Waals surface area contributed by atoms with Crippen LogP contribution >= 0.6 is 11.5 Å². The monoisotopic (exact) mass is 157 g/mol. The number of aromatic nitrogens is 1. The number of carbonyl (C=O) groups excluding carboxylic acids is 1. The highest BCUT2D eigenvalue weighted by Crippen LogP contribution is 2.10. The number of ketones is 1. The lowest BCUT2D eigenvalue weighted by atomic mass is 10.5. The summed E-state index contributed by atoms with van der Waals surface area (Å²) >= 11 is 1.30. The van der Waals surface area contributed by atoms with Gasteiger partial charge in [-0.25, -0.2) is 0 Å². The van der Waals surface area contributed by atoms with Crippen molar-refractivity contribution < 1.29 is 9.53 Å². The number of hydrogen-bond acceptors (Lipinski definition) is 4. The number of rotatable bonds is 3. The van der Waals surface area contributed by atoms with E-state index in [2.05, 4.69) is 4.37 Å². The smallest absolute Gasteiger partial charge is 0.167 e. The molecule has 0 radical (unpaired) electrons. The van der Waals surface area contributed by atoms with Crippen molar-refractivity contribution in [3.05, 3.63) is 11.6 Å². The molecule has 0 saturated heterocycles. The molecule has 0 amide bonds. The first kappa shape index (κ1) is 7.21. The van der Waals surface area contributed by atoms with Crippen molar-refractivity contribution in [1.29, 1.82) is 0 Å². The number of carbonyl (C=O) groups is 1. The Morgan fingerprint density at radius 3 is 3.20 bits per heavy atom. The fourth-order valence-corrected chi connectivity index (χ4v) is 0.910. The summed E-state index contributed by atoms with van der Waals surface area (Å²) < 4.78 is 8.81. The zero-order valence-corrected chi connectivity index (χ0v) is 6.35. The summed E-state index contributed by atoms with van der Waals surface area (Å²) in [7, 11) is 0. The Balaban J connectivity index is 2.35. The van der Waals surface area contributed by atoms with Crippen molar-refractivity contribution in [3.8, 4) is 5.75 Å². The van der Waals surface area contributed by atoms with E-state index in [1.165, 1.54) is 18.5 Å². The van der Waals surface area contributed by atoms with Gasteiger partial charge in [0.05, 0.1) is 11.6 Å². The molecule has 0 aliphatic rings. The van der Waals surface area contributed by atoms with E-state index in [0.717, 1.165) is 0 Å². The number of nitrogens with zero attached hydrogens (tertiary/aromatic N) is 1. The van der Waals surface area contributed by atoms with Crippen LogP contribution in [0.3, 0.4) is 0 Å². The van der Waals surface area contributed by atoms with Gasteiger partial charge in [-0.1, -0.05) is 0 Å². The van der Waals surface area contributed by atoms with E-state index in [-0.39, 0.29) is 12.4 Å². The molecule has 1 aromatic rings. The van der Waals surface area contributed by atoms with Gasteiger partial charge in [-0.05, 0) is 18.5 Å². The molecule has 0 N–H and O–H groups in total. The van der Waals surface area contributed by atoms with Crippen LogP contribution in [0.4, 0.5) is 0 Å². The third-order valence-corrected chi connectivity index (χ3v) is 1.42. The van der Waals surface area contributed by atoms with E-state index in [0.29, 0.717) is 5.75 Å². The molecule has 10 heavy (non-hydrogen) atoms. The van der Waals surface area contributed by atoms with Crippen molar-refractivity contribution in [2.45, 2.75) is 6.92 Å². The van der Waals surface area contributed by atoms with Gasteiger partial charge in [0.2, 0.25) is 0 Å². The summed E-state index contributed by atoms with van der Waals surface area (Å²) in [6.45, 7) is 1.62. The topological polar surface area (TPSA) is 39.2 Å². The van der Waals surface area contributed by atoms with Crippen molar-refractivity contribution in [1.82, 2.24) is 4.37 Å². The van der Waals surface area contributed by atoms with Gasteiger partial charge in [-0.2, -0.15) is 4.37 Å². The molecule has 0 aromatic carbocycles. The molecule has 0 aliphatic heterocycles. The van der Waals surface area contributed by atoms with Crippen molar-refractivity contribution in [3.63, 3.8) is 0 Å². The minimum absolute atomic E-state index is 0.0196. The van der Waals surface area contributed by atoms with Gasteiger partial charge in [-0.15, -0.1) is 0 Å². The maximum absolute atomic E-state index is 10.4. The third kappa shape index (κ3) is 2.14. The molecule has 0 aliphatic carbocycles. The summed E-state index contributed by atoms with van der Waals surface area (Å²) in [5.41, 5.74) is 0. The lowest BCUT2D eigenvalue weighted by Gasteiger charge is -1.96. The second-order valence-electron chi connectivity index (χ2n) is 1.85. The molecule has 0 unspecified atom stereocenters. The van der Waals surface area contributed by atoms with Crippen LogP contribution in [0.15, 0.2) is 11.6 Å². The summed E-state index contributed by atoms with van der Waals surface area (Å²) in [6, 6.07) is 0. The lowest BCUT2D eigenvalue weighted by Crippen LogP contribution is -2.05. The zero-order valence-electron chi connectivity index (χ0n) is 5.53. The molecule has 0 spiro atoms. The molecule has 0 fully saturated rings. The molecule has 0 bridgehead atoms. The number of ether oxygens (including phenoxy) is 1. The summed E-state index contributed by atoms with van der Waals surface area (Å²) in [5, 5.41) is 1.75. The van der Waals surface area contributed by atoms with Crippen LogP contribution in [-0.4, -0.2) is 16.8 Å². The Morgan fingerprint density at radius 1 is 1.90 bits per heavy atom. The summed E-state index contributed by atoms with van der Waals surface area (Å²) in [6.07, 6.45) is 1.59. The molecule has 1 heterocycles. The minimum atomic E-state index is 0.0196. The van der Waals surface area contributed by atoms with Gasteiger partial charge < -0.3 is 4.74 Å².